The average Bonchev–Trinajstić information content (AvgIpc) is 3.03. The smallest absolute Gasteiger partial charge is 0.263 e. The lowest BCUT2D eigenvalue weighted by molar-refractivity contribution is 0.0790. The zero-order valence-electron chi connectivity index (χ0n) is 12.4. The summed E-state index contributed by atoms with van der Waals surface area (Å²) >= 11 is 3.13. The summed E-state index contributed by atoms with van der Waals surface area (Å²) in [6, 6.07) is 3.98. The summed E-state index contributed by atoms with van der Waals surface area (Å²) < 4.78 is 0. The number of nitrogens with two attached hydrogens (primary N) is 1. The van der Waals surface area contributed by atoms with Crippen molar-refractivity contribution in [3.8, 4) is 11.8 Å². The van der Waals surface area contributed by atoms with Crippen molar-refractivity contribution in [1.82, 2.24) is 4.90 Å². The first-order valence-corrected chi connectivity index (χ1v) is 8.29. The number of rotatable bonds is 3. The van der Waals surface area contributed by atoms with Crippen molar-refractivity contribution in [3.63, 3.8) is 0 Å². The summed E-state index contributed by atoms with van der Waals surface area (Å²) in [6.45, 7) is 5.03. The summed E-state index contributed by atoms with van der Waals surface area (Å²) in [5.74, 6) is 5.92. The third kappa shape index (κ3) is 3.94. The van der Waals surface area contributed by atoms with Crippen LogP contribution in [0.3, 0.4) is 0 Å². The van der Waals surface area contributed by atoms with E-state index in [-0.39, 0.29) is 5.91 Å². The number of nitrogens with zero attached hydrogens (tertiary/aromatic N) is 1. The van der Waals surface area contributed by atoms with E-state index in [2.05, 4.69) is 11.8 Å². The fourth-order valence-electron chi connectivity index (χ4n) is 1.87. The number of carbonyl (C=O) groups excluding carboxylic acids is 1. The van der Waals surface area contributed by atoms with Crippen LogP contribution >= 0.6 is 22.7 Å². The first-order chi connectivity index (χ1) is 10.0. The maximum atomic E-state index is 12.4. The van der Waals surface area contributed by atoms with Crippen molar-refractivity contribution in [2.45, 2.75) is 20.4 Å². The van der Waals surface area contributed by atoms with E-state index in [1.54, 1.807) is 27.6 Å². The van der Waals surface area contributed by atoms with Gasteiger partial charge >= 0.3 is 0 Å². The van der Waals surface area contributed by atoms with Crippen LogP contribution in [0, 0.1) is 25.7 Å². The highest BCUT2D eigenvalue weighted by molar-refractivity contribution is 7.14. The van der Waals surface area contributed by atoms with Crippen molar-refractivity contribution >= 4 is 28.6 Å². The Balaban J connectivity index is 2.05. The third-order valence-corrected chi connectivity index (χ3v) is 5.15. The molecular formula is C16H18N2OS2. The van der Waals surface area contributed by atoms with Gasteiger partial charge < -0.3 is 10.6 Å². The molecule has 2 heterocycles. The molecule has 2 rings (SSSR count). The molecule has 110 valence electrons. The summed E-state index contributed by atoms with van der Waals surface area (Å²) in [7, 11) is 1.83. The van der Waals surface area contributed by atoms with E-state index in [1.165, 1.54) is 10.4 Å². The third-order valence-electron chi connectivity index (χ3n) is 3.11. The molecule has 0 atom stereocenters. The average molecular weight is 318 g/mol. The molecule has 2 aromatic heterocycles. The molecule has 0 aliphatic heterocycles. The minimum Gasteiger partial charge on any atom is -0.337 e. The highest BCUT2D eigenvalue weighted by atomic mass is 32.1. The molecule has 0 unspecified atom stereocenters. The summed E-state index contributed by atoms with van der Waals surface area (Å²) in [6.07, 6.45) is 0. The Kier molecular flexibility index (Phi) is 5.18. The maximum Gasteiger partial charge on any atom is 0.263 e. The predicted octanol–water partition coefficient (Wildman–Crippen LogP) is 3.01. The molecule has 0 aliphatic rings. The van der Waals surface area contributed by atoms with E-state index in [0.717, 1.165) is 15.3 Å². The van der Waals surface area contributed by atoms with Crippen LogP contribution in [-0.4, -0.2) is 24.4 Å². The lowest BCUT2D eigenvalue weighted by Crippen LogP contribution is -2.25. The van der Waals surface area contributed by atoms with E-state index in [9.17, 15) is 4.79 Å². The van der Waals surface area contributed by atoms with Crippen LogP contribution in [0.25, 0.3) is 0 Å². The molecule has 0 aromatic carbocycles. The summed E-state index contributed by atoms with van der Waals surface area (Å²) in [4.78, 5) is 17.1. The van der Waals surface area contributed by atoms with E-state index >= 15 is 0 Å². The van der Waals surface area contributed by atoms with Crippen LogP contribution in [0.5, 0.6) is 0 Å². The summed E-state index contributed by atoms with van der Waals surface area (Å²) in [5, 5.41) is 2.04. The molecular weight excluding hydrogens is 300 g/mol. The number of thiophene rings is 2. The molecule has 0 aliphatic carbocycles. The van der Waals surface area contributed by atoms with Crippen LogP contribution in [0.4, 0.5) is 0 Å². The summed E-state index contributed by atoms with van der Waals surface area (Å²) in [5.41, 5.74) is 7.63. The molecule has 5 heteroatoms. The van der Waals surface area contributed by atoms with Crippen molar-refractivity contribution in [2.24, 2.45) is 5.73 Å². The van der Waals surface area contributed by atoms with Gasteiger partial charge in [0.1, 0.15) is 0 Å². The van der Waals surface area contributed by atoms with E-state index in [4.69, 9.17) is 5.73 Å². The molecule has 0 saturated heterocycles. The fraction of sp³-hybridized carbons (Fsp3) is 0.312. The van der Waals surface area contributed by atoms with Gasteiger partial charge in [-0.2, -0.15) is 0 Å². The maximum absolute atomic E-state index is 12.4. The molecule has 0 radical (unpaired) electrons. The minimum atomic E-state index is 0.0667. The molecule has 21 heavy (non-hydrogen) atoms. The predicted molar refractivity (Wildman–Crippen MR) is 89.8 cm³/mol. The number of carbonyl (C=O) groups is 1. The van der Waals surface area contributed by atoms with Gasteiger partial charge in [0, 0.05) is 18.5 Å². The molecule has 0 fully saturated rings. The van der Waals surface area contributed by atoms with Gasteiger partial charge in [-0.25, -0.2) is 0 Å². The van der Waals surface area contributed by atoms with Crippen LogP contribution in [0.2, 0.25) is 0 Å². The Bertz CT molecular complexity index is 684. The van der Waals surface area contributed by atoms with Crippen molar-refractivity contribution in [1.29, 1.82) is 0 Å². The number of hydrogen-bond acceptors (Lipinski definition) is 4. The molecule has 3 nitrogen and oxygen atoms in total. The Morgan fingerprint density at radius 3 is 2.76 bits per heavy atom. The second-order valence-electron chi connectivity index (χ2n) is 4.84. The topological polar surface area (TPSA) is 46.3 Å². The molecule has 2 N–H and O–H groups in total. The van der Waals surface area contributed by atoms with Crippen LogP contribution in [-0.2, 0) is 6.54 Å². The lowest BCUT2D eigenvalue weighted by atomic mass is 10.2. The van der Waals surface area contributed by atoms with Gasteiger partial charge in [-0.05, 0) is 42.5 Å². The van der Waals surface area contributed by atoms with Crippen molar-refractivity contribution in [2.75, 3.05) is 13.6 Å². The number of aryl methyl sites for hydroxylation is 2. The second kappa shape index (κ2) is 6.90. The molecule has 0 bridgehead atoms. The number of amides is 1. The van der Waals surface area contributed by atoms with Crippen molar-refractivity contribution in [3.05, 3.63) is 43.3 Å². The Morgan fingerprint density at radius 1 is 1.38 bits per heavy atom. The van der Waals surface area contributed by atoms with Gasteiger partial charge in [-0.15, -0.1) is 22.7 Å². The highest BCUT2D eigenvalue weighted by Gasteiger charge is 2.15. The van der Waals surface area contributed by atoms with Crippen LogP contribution < -0.4 is 5.73 Å². The number of hydrogen-bond donors (Lipinski definition) is 1. The normalized spacial score (nSPS) is 10.1. The zero-order valence-corrected chi connectivity index (χ0v) is 14.0. The van der Waals surface area contributed by atoms with Gasteiger partial charge in [0.05, 0.1) is 16.3 Å². The minimum absolute atomic E-state index is 0.0667. The molecule has 2 aromatic rings. The van der Waals surface area contributed by atoms with Gasteiger partial charge in [0.2, 0.25) is 0 Å². The van der Waals surface area contributed by atoms with Gasteiger partial charge in [0.25, 0.3) is 5.91 Å². The highest BCUT2D eigenvalue weighted by Crippen LogP contribution is 2.23. The fourth-order valence-corrected chi connectivity index (χ4v) is 3.67. The largest absolute Gasteiger partial charge is 0.337 e. The van der Waals surface area contributed by atoms with E-state index in [1.807, 2.05) is 38.4 Å². The lowest BCUT2D eigenvalue weighted by Gasteiger charge is -2.15. The monoisotopic (exact) mass is 318 g/mol. The Labute approximate surface area is 133 Å². The van der Waals surface area contributed by atoms with Crippen molar-refractivity contribution < 1.29 is 4.79 Å². The quantitative estimate of drug-likeness (QED) is 0.884. The molecule has 1 amide bonds. The first kappa shape index (κ1) is 15.8. The van der Waals surface area contributed by atoms with Gasteiger partial charge in [-0.1, -0.05) is 11.8 Å². The van der Waals surface area contributed by atoms with Gasteiger partial charge in [0.15, 0.2) is 0 Å². The zero-order chi connectivity index (χ0) is 15.4. The standard InChI is InChI=1S/C16H18N2OS2/c1-11-7-15(21-12(11)2)16(19)18(3)9-13-8-14(20-10-13)5-4-6-17/h7-8,10H,6,9,17H2,1-3H3. The van der Waals surface area contributed by atoms with Crippen LogP contribution in [0.15, 0.2) is 17.5 Å². The van der Waals surface area contributed by atoms with Crippen LogP contribution in [0.1, 0.15) is 30.6 Å². The second-order valence-corrected chi connectivity index (χ2v) is 7.00. The molecule has 0 saturated carbocycles. The van der Waals surface area contributed by atoms with E-state index < -0.39 is 0 Å². The Morgan fingerprint density at radius 2 is 2.14 bits per heavy atom. The Hall–Kier alpha value is -1.61. The van der Waals surface area contributed by atoms with E-state index in [0.29, 0.717) is 13.1 Å². The first-order valence-electron chi connectivity index (χ1n) is 6.60. The SMILES string of the molecule is Cc1cc(C(=O)N(C)Cc2csc(C#CCN)c2)sc1C. The molecule has 0 spiro atoms. The van der Waals surface area contributed by atoms with Gasteiger partial charge in [-0.3, -0.25) is 4.79 Å².